The van der Waals surface area contributed by atoms with Gasteiger partial charge in [-0.2, -0.15) is 0 Å². The number of nitrogens with two attached hydrogens (primary N) is 1. The van der Waals surface area contributed by atoms with E-state index in [1.807, 2.05) is 47.0 Å². The number of pyridine rings is 2. The first-order valence-electron chi connectivity index (χ1n) is 9.70. The van der Waals surface area contributed by atoms with Gasteiger partial charge in [0, 0.05) is 23.5 Å². The van der Waals surface area contributed by atoms with Crippen LogP contribution in [0.5, 0.6) is 5.88 Å². The van der Waals surface area contributed by atoms with E-state index in [9.17, 15) is 5.11 Å². The van der Waals surface area contributed by atoms with Crippen LogP contribution in [0, 0.1) is 12.7 Å². The van der Waals surface area contributed by atoms with Gasteiger partial charge in [-0.3, -0.25) is 11.6 Å². The van der Waals surface area contributed by atoms with E-state index in [1.54, 1.807) is 19.4 Å². The average molecular weight is 431 g/mol. The van der Waals surface area contributed by atoms with Gasteiger partial charge in [0.15, 0.2) is 5.65 Å². The summed E-state index contributed by atoms with van der Waals surface area (Å²) in [4.78, 5) is 17.7. The van der Waals surface area contributed by atoms with Gasteiger partial charge in [0.1, 0.15) is 5.52 Å². The molecule has 0 fully saturated rings. The fourth-order valence-electron chi connectivity index (χ4n) is 3.12. The quantitative estimate of drug-likeness (QED) is 0.242. The Morgan fingerprint density at radius 2 is 1.97 bits per heavy atom. The Morgan fingerprint density at radius 3 is 2.61 bits per heavy atom. The maximum Gasteiger partial charge on any atom is 1.00 e. The molecule has 3 heterocycles. The van der Waals surface area contributed by atoms with E-state index < -0.39 is 0 Å². The van der Waals surface area contributed by atoms with Crippen molar-refractivity contribution in [3.8, 4) is 22.8 Å². The van der Waals surface area contributed by atoms with Crippen LogP contribution in [0.15, 0.2) is 71.6 Å². The maximum absolute atomic E-state index is 9.38. The molecular formula is C24H20LiN6O2-. The number of aliphatic hydroxyl groups is 1. The molecule has 0 saturated carbocycles. The molecule has 3 N–H and O–H groups in total. The molecule has 0 amide bonds. The minimum atomic E-state index is -0.0477. The molecule has 0 radical (unpaired) electrons. The third kappa shape index (κ3) is 5.21. The molecule has 0 bridgehead atoms. The number of hydrogen-bond acceptors (Lipinski definition) is 7. The van der Waals surface area contributed by atoms with Gasteiger partial charge < -0.3 is 31.2 Å². The molecule has 1 aromatic carbocycles. The number of ether oxygens (including phenoxy) is 1. The van der Waals surface area contributed by atoms with Crippen molar-refractivity contribution < 1.29 is 28.7 Å². The molecule has 9 heteroatoms. The van der Waals surface area contributed by atoms with E-state index in [4.69, 9.17) is 22.0 Å². The Kier molecular flexibility index (Phi) is 7.80. The molecule has 160 valence electrons. The molecule has 0 saturated heterocycles. The molecular weight excluding hydrogens is 411 g/mol. The van der Waals surface area contributed by atoms with Gasteiger partial charge in [-0.25, -0.2) is 16.0 Å². The fourth-order valence-corrected chi connectivity index (χ4v) is 3.12. The topological polar surface area (TPSA) is 111 Å². The second-order valence-corrected chi connectivity index (χ2v) is 6.70. The number of allylic oxidation sites excluding steroid dienone is 1. The van der Waals surface area contributed by atoms with Crippen LogP contribution in [-0.4, -0.2) is 37.9 Å². The van der Waals surface area contributed by atoms with Crippen molar-refractivity contribution in [3.63, 3.8) is 0 Å². The van der Waals surface area contributed by atoms with Crippen LogP contribution in [0.2, 0.25) is 0 Å². The van der Waals surface area contributed by atoms with Crippen molar-refractivity contribution in [2.24, 2.45) is 10.7 Å². The van der Waals surface area contributed by atoms with Crippen molar-refractivity contribution in [1.29, 1.82) is 0 Å². The summed E-state index contributed by atoms with van der Waals surface area (Å²) >= 11 is 0. The molecule has 0 atom stereocenters. The second kappa shape index (κ2) is 10.7. The molecule has 8 nitrogen and oxygen atoms in total. The number of aliphatic imine (C=N–C) groups is 1. The van der Waals surface area contributed by atoms with Crippen LogP contribution in [0.3, 0.4) is 0 Å². The molecule has 4 aromatic rings. The van der Waals surface area contributed by atoms with E-state index in [0.717, 1.165) is 22.5 Å². The van der Waals surface area contributed by atoms with Crippen molar-refractivity contribution in [2.45, 2.75) is 6.61 Å². The SMILES string of the molecule is [CH-]=C/C=N\C(N)=[C-]c1nc2ccc(-c3ccc(OC)nc3)nc2n1-c1ccc(CO)cc1.[Li+]. The molecule has 0 unspecified atom stereocenters. The first-order valence-corrected chi connectivity index (χ1v) is 9.70. The normalized spacial score (nSPS) is 11.5. The van der Waals surface area contributed by atoms with Crippen LogP contribution in [0.4, 0.5) is 0 Å². The third-order valence-corrected chi connectivity index (χ3v) is 4.66. The fraction of sp³-hybridized carbons (Fsp3) is 0.0833. The van der Waals surface area contributed by atoms with Crippen molar-refractivity contribution in [2.75, 3.05) is 7.11 Å². The van der Waals surface area contributed by atoms with Crippen LogP contribution in [0.25, 0.3) is 28.1 Å². The van der Waals surface area contributed by atoms with Gasteiger partial charge in [0.2, 0.25) is 5.88 Å². The number of benzene rings is 1. The Labute approximate surface area is 203 Å². The number of aromatic nitrogens is 4. The van der Waals surface area contributed by atoms with Gasteiger partial charge in [-0.1, -0.05) is 18.0 Å². The summed E-state index contributed by atoms with van der Waals surface area (Å²) < 4.78 is 6.96. The molecule has 4 rings (SSSR count). The van der Waals surface area contributed by atoms with Gasteiger partial charge in [-0.15, -0.1) is 6.21 Å². The van der Waals surface area contributed by atoms with Crippen LogP contribution in [-0.2, 0) is 6.61 Å². The van der Waals surface area contributed by atoms with Crippen LogP contribution < -0.4 is 29.3 Å². The van der Waals surface area contributed by atoms with E-state index in [2.05, 4.69) is 21.0 Å². The van der Waals surface area contributed by atoms with Crippen molar-refractivity contribution in [1.82, 2.24) is 19.5 Å². The number of imidazole rings is 1. The molecule has 0 aliphatic heterocycles. The third-order valence-electron chi connectivity index (χ3n) is 4.66. The standard InChI is InChI=1S/C24H20N6O2.Li/c1-3-12-26-21(25)13-22-28-20-10-9-19(17-6-11-23(32-2)27-14-17)29-24(20)30(22)18-7-4-16(15-31)5-8-18;/h1,3-12,14,31H,15,25H2,2H3;/q-2;+1/b26-12-;. The average Bonchev–Trinajstić information content (AvgIpc) is 3.19. The number of nitrogens with zero attached hydrogens (tertiary/aromatic N) is 5. The molecule has 3 aromatic heterocycles. The number of rotatable bonds is 7. The molecule has 0 spiro atoms. The number of hydrogen-bond donors (Lipinski definition) is 2. The van der Waals surface area contributed by atoms with E-state index in [1.165, 1.54) is 12.3 Å². The second-order valence-electron chi connectivity index (χ2n) is 6.70. The number of aliphatic hydroxyl groups excluding tert-OH is 1. The monoisotopic (exact) mass is 431 g/mol. The Balaban J connectivity index is 0.00000306. The zero-order valence-corrected chi connectivity index (χ0v) is 18.3. The molecule has 33 heavy (non-hydrogen) atoms. The Hall–Kier alpha value is -3.70. The predicted molar refractivity (Wildman–Crippen MR) is 122 cm³/mol. The number of methoxy groups -OCH3 is 1. The molecule has 0 aliphatic rings. The zero-order valence-electron chi connectivity index (χ0n) is 18.3. The predicted octanol–water partition coefficient (Wildman–Crippen LogP) is -0.00122. The van der Waals surface area contributed by atoms with Crippen LogP contribution in [0.1, 0.15) is 11.4 Å². The van der Waals surface area contributed by atoms with E-state index >= 15 is 0 Å². The maximum atomic E-state index is 9.38. The van der Waals surface area contributed by atoms with Gasteiger partial charge in [0.25, 0.3) is 0 Å². The first-order chi connectivity index (χ1) is 15.6. The first kappa shape index (κ1) is 24.0. The summed E-state index contributed by atoms with van der Waals surface area (Å²) in [5.74, 6) is 1.08. The van der Waals surface area contributed by atoms with Crippen molar-refractivity contribution >= 4 is 17.4 Å². The summed E-state index contributed by atoms with van der Waals surface area (Å²) in [6.45, 7) is 5.29. The molecule has 0 aliphatic carbocycles. The van der Waals surface area contributed by atoms with Crippen LogP contribution >= 0.6 is 0 Å². The van der Waals surface area contributed by atoms with E-state index in [-0.39, 0.29) is 31.3 Å². The summed E-state index contributed by atoms with van der Waals surface area (Å²) in [7, 11) is 1.57. The van der Waals surface area contributed by atoms with E-state index in [0.29, 0.717) is 22.9 Å². The Bertz CT molecular complexity index is 1310. The minimum Gasteiger partial charge on any atom is -0.481 e. The van der Waals surface area contributed by atoms with Gasteiger partial charge in [-0.05, 0) is 41.7 Å². The summed E-state index contributed by atoms with van der Waals surface area (Å²) in [6.07, 6.45) is 7.34. The smallest absolute Gasteiger partial charge is 0.481 e. The van der Waals surface area contributed by atoms with Crippen molar-refractivity contribution in [3.05, 3.63) is 90.7 Å². The van der Waals surface area contributed by atoms with Gasteiger partial charge >= 0.3 is 18.9 Å². The van der Waals surface area contributed by atoms with Gasteiger partial charge in [0.05, 0.1) is 19.4 Å². The summed E-state index contributed by atoms with van der Waals surface area (Å²) in [6, 6.07) is 14.8. The summed E-state index contributed by atoms with van der Waals surface area (Å²) in [5, 5.41) is 9.38. The largest absolute Gasteiger partial charge is 1.00 e. The summed E-state index contributed by atoms with van der Waals surface area (Å²) in [5.41, 5.74) is 10.4. The Morgan fingerprint density at radius 1 is 1.18 bits per heavy atom. The number of fused-ring (bicyclic) bond motifs is 1. The minimum absolute atomic E-state index is 0. The zero-order chi connectivity index (χ0) is 22.5.